The number of carbonyl (C=O) groups excluding carboxylic acids is 1. The molecule has 0 heterocycles. The Hall–Kier alpha value is -2.89. The van der Waals surface area contributed by atoms with Crippen LogP contribution in [0.1, 0.15) is 22.8 Å². The van der Waals surface area contributed by atoms with Gasteiger partial charge in [0.2, 0.25) is 11.5 Å². The van der Waals surface area contributed by atoms with Gasteiger partial charge in [-0.25, -0.2) is 0 Å². The molecule has 0 fully saturated rings. The highest BCUT2D eigenvalue weighted by Gasteiger charge is 2.24. The van der Waals surface area contributed by atoms with Crippen LogP contribution in [0.2, 0.25) is 0 Å². The molecule has 2 aromatic carbocycles. The molecule has 0 aliphatic rings. The molecule has 23 heavy (non-hydrogen) atoms. The Kier molecular flexibility index (Phi) is 4.95. The van der Waals surface area contributed by atoms with Crippen LogP contribution >= 0.6 is 0 Å². The lowest BCUT2D eigenvalue weighted by Gasteiger charge is -2.14. The first-order valence-electron chi connectivity index (χ1n) is 6.97. The summed E-state index contributed by atoms with van der Waals surface area (Å²) in [5, 5.41) is 20.2. The van der Waals surface area contributed by atoms with Gasteiger partial charge in [-0.15, -0.1) is 0 Å². The number of phenolic OH excluding ortho intramolecular Hbond substituents is 2. The van der Waals surface area contributed by atoms with E-state index in [0.29, 0.717) is 17.9 Å². The first-order valence-corrected chi connectivity index (χ1v) is 6.97. The normalized spacial score (nSPS) is 10.2. The molecule has 122 valence electrons. The van der Waals surface area contributed by atoms with Crippen molar-refractivity contribution in [3.05, 3.63) is 41.5 Å². The number of hydrogen-bond acceptors (Lipinski definition) is 6. The molecule has 0 amide bonds. The molecule has 0 unspecified atom stereocenters. The average Bonchev–Trinajstić information content (AvgIpc) is 2.56. The number of ketones is 1. The zero-order chi connectivity index (χ0) is 17.0. The second kappa shape index (κ2) is 6.91. The zero-order valence-corrected chi connectivity index (χ0v) is 13.1. The van der Waals surface area contributed by atoms with Crippen LogP contribution in [0.25, 0.3) is 0 Å². The minimum atomic E-state index is -0.457. The number of ether oxygens (including phenoxy) is 3. The quantitative estimate of drug-likeness (QED) is 0.629. The SMILES string of the molecule is CCOc1ccc(C(=O)c2cc(O)c(OC)c(OC)c2O)cc1. The summed E-state index contributed by atoms with van der Waals surface area (Å²) in [4.78, 5) is 12.5. The molecule has 6 nitrogen and oxygen atoms in total. The van der Waals surface area contributed by atoms with E-state index < -0.39 is 5.78 Å². The first kappa shape index (κ1) is 16.5. The number of phenols is 2. The molecular weight excluding hydrogens is 300 g/mol. The minimum absolute atomic E-state index is 0.0340. The molecule has 0 atom stereocenters. The van der Waals surface area contributed by atoms with Crippen molar-refractivity contribution in [3.8, 4) is 28.7 Å². The molecule has 0 aliphatic heterocycles. The number of rotatable bonds is 6. The van der Waals surface area contributed by atoms with Crippen LogP contribution in [-0.2, 0) is 0 Å². The predicted octanol–water partition coefficient (Wildman–Crippen LogP) is 2.74. The maximum atomic E-state index is 12.5. The third kappa shape index (κ3) is 3.15. The van der Waals surface area contributed by atoms with Gasteiger partial charge >= 0.3 is 0 Å². The van der Waals surface area contributed by atoms with Crippen molar-refractivity contribution in [2.45, 2.75) is 6.92 Å². The zero-order valence-electron chi connectivity index (χ0n) is 13.1. The lowest BCUT2D eigenvalue weighted by atomic mass is 10.0. The fraction of sp³-hybridized carbons (Fsp3) is 0.235. The summed E-state index contributed by atoms with van der Waals surface area (Å²) in [7, 11) is 2.63. The average molecular weight is 318 g/mol. The summed E-state index contributed by atoms with van der Waals surface area (Å²) >= 11 is 0. The summed E-state index contributed by atoms with van der Waals surface area (Å²) in [5.74, 6) is -0.627. The molecule has 0 aliphatic carbocycles. The molecule has 0 saturated carbocycles. The van der Waals surface area contributed by atoms with Crippen LogP contribution in [0.15, 0.2) is 30.3 Å². The van der Waals surface area contributed by atoms with Crippen molar-refractivity contribution in [2.24, 2.45) is 0 Å². The molecular formula is C17H18O6. The Morgan fingerprint density at radius 3 is 2.17 bits per heavy atom. The highest BCUT2D eigenvalue weighted by atomic mass is 16.5. The Bertz CT molecular complexity index is 706. The molecule has 0 radical (unpaired) electrons. The van der Waals surface area contributed by atoms with Crippen LogP contribution in [0.3, 0.4) is 0 Å². The third-order valence-corrected chi connectivity index (χ3v) is 3.27. The van der Waals surface area contributed by atoms with E-state index in [9.17, 15) is 15.0 Å². The summed E-state index contributed by atoms with van der Waals surface area (Å²) in [6, 6.07) is 7.64. The standard InChI is InChI=1S/C17H18O6/c1-4-23-11-7-5-10(6-8-11)14(19)12-9-13(18)16(21-2)17(22-3)15(12)20/h5-9,18,20H,4H2,1-3H3. The van der Waals surface area contributed by atoms with Crippen molar-refractivity contribution in [2.75, 3.05) is 20.8 Å². The number of benzene rings is 2. The number of aromatic hydroxyl groups is 2. The van der Waals surface area contributed by atoms with Crippen molar-refractivity contribution >= 4 is 5.78 Å². The topological polar surface area (TPSA) is 85.2 Å². The van der Waals surface area contributed by atoms with Crippen molar-refractivity contribution in [3.63, 3.8) is 0 Å². The first-order chi connectivity index (χ1) is 11.0. The Labute approximate surface area is 133 Å². The van der Waals surface area contributed by atoms with Crippen molar-refractivity contribution < 1.29 is 29.2 Å². The van der Waals surface area contributed by atoms with E-state index >= 15 is 0 Å². The number of carbonyl (C=O) groups is 1. The third-order valence-electron chi connectivity index (χ3n) is 3.27. The van der Waals surface area contributed by atoms with Gasteiger partial charge in [0.1, 0.15) is 5.75 Å². The van der Waals surface area contributed by atoms with Gasteiger partial charge in [0.15, 0.2) is 17.3 Å². The summed E-state index contributed by atoms with van der Waals surface area (Å²) in [5.41, 5.74) is 0.264. The monoisotopic (exact) mass is 318 g/mol. The van der Waals surface area contributed by atoms with Crippen LogP contribution in [0.5, 0.6) is 28.7 Å². The lowest BCUT2D eigenvalue weighted by molar-refractivity contribution is 0.103. The van der Waals surface area contributed by atoms with Crippen LogP contribution in [0.4, 0.5) is 0 Å². The van der Waals surface area contributed by atoms with E-state index in [4.69, 9.17) is 14.2 Å². The molecule has 0 spiro atoms. The van der Waals surface area contributed by atoms with Crippen LogP contribution in [0, 0.1) is 0 Å². The number of hydrogen-bond donors (Lipinski definition) is 2. The maximum Gasteiger partial charge on any atom is 0.207 e. The molecule has 0 saturated heterocycles. The van der Waals surface area contributed by atoms with Gasteiger partial charge in [-0.1, -0.05) is 0 Å². The highest BCUT2D eigenvalue weighted by Crippen LogP contribution is 2.45. The fourth-order valence-corrected chi connectivity index (χ4v) is 2.20. The second-order valence-corrected chi connectivity index (χ2v) is 4.64. The Morgan fingerprint density at radius 1 is 1.04 bits per heavy atom. The summed E-state index contributed by atoms with van der Waals surface area (Å²) in [6.07, 6.45) is 0. The molecule has 6 heteroatoms. The van der Waals surface area contributed by atoms with E-state index in [1.54, 1.807) is 24.3 Å². The van der Waals surface area contributed by atoms with Gasteiger partial charge in [0.25, 0.3) is 0 Å². The van der Waals surface area contributed by atoms with Gasteiger partial charge in [-0.2, -0.15) is 0 Å². The summed E-state index contributed by atoms with van der Waals surface area (Å²) < 4.78 is 15.3. The smallest absolute Gasteiger partial charge is 0.207 e. The van der Waals surface area contributed by atoms with Gasteiger partial charge in [0, 0.05) is 5.56 Å². The van der Waals surface area contributed by atoms with Gasteiger partial charge in [-0.3, -0.25) is 4.79 Å². The van der Waals surface area contributed by atoms with E-state index in [0.717, 1.165) is 6.07 Å². The molecule has 2 aromatic rings. The van der Waals surface area contributed by atoms with Crippen LogP contribution < -0.4 is 14.2 Å². The lowest BCUT2D eigenvalue weighted by Crippen LogP contribution is -2.04. The molecule has 0 bridgehead atoms. The van der Waals surface area contributed by atoms with Gasteiger partial charge < -0.3 is 24.4 Å². The maximum absolute atomic E-state index is 12.5. The largest absolute Gasteiger partial charge is 0.504 e. The van der Waals surface area contributed by atoms with Crippen molar-refractivity contribution in [1.29, 1.82) is 0 Å². The van der Waals surface area contributed by atoms with Crippen LogP contribution in [-0.4, -0.2) is 36.8 Å². The van der Waals surface area contributed by atoms with E-state index in [1.807, 2.05) is 6.92 Å². The van der Waals surface area contributed by atoms with Gasteiger partial charge in [0.05, 0.1) is 26.4 Å². The molecule has 0 aromatic heterocycles. The van der Waals surface area contributed by atoms with Gasteiger partial charge in [-0.05, 0) is 37.3 Å². The van der Waals surface area contributed by atoms with E-state index in [2.05, 4.69) is 0 Å². The number of methoxy groups -OCH3 is 2. The molecule has 2 N–H and O–H groups in total. The summed E-state index contributed by atoms with van der Waals surface area (Å²) in [6.45, 7) is 2.39. The second-order valence-electron chi connectivity index (χ2n) is 4.64. The van der Waals surface area contributed by atoms with E-state index in [1.165, 1.54) is 14.2 Å². The fourth-order valence-electron chi connectivity index (χ4n) is 2.20. The highest BCUT2D eigenvalue weighted by molar-refractivity contribution is 6.11. The molecule has 2 rings (SSSR count). The van der Waals surface area contributed by atoms with Crippen molar-refractivity contribution in [1.82, 2.24) is 0 Å². The van der Waals surface area contributed by atoms with E-state index in [-0.39, 0.29) is 28.6 Å². The Morgan fingerprint density at radius 2 is 1.65 bits per heavy atom. The Balaban J connectivity index is 2.45. The minimum Gasteiger partial charge on any atom is -0.504 e. The predicted molar refractivity (Wildman–Crippen MR) is 83.9 cm³/mol.